The minimum absolute atomic E-state index is 0.103. The molecule has 3 nitrogen and oxygen atoms in total. The first kappa shape index (κ1) is 18.0. The fourth-order valence-corrected chi connectivity index (χ4v) is 2.83. The normalized spacial score (nSPS) is 11.5. The first-order valence-corrected chi connectivity index (χ1v) is 8.03. The molecule has 2 rings (SSSR count). The van der Waals surface area contributed by atoms with Crippen molar-refractivity contribution < 1.29 is 8.78 Å². The van der Waals surface area contributed by atoms with Crippen LogP contribution >= 0.6 is 11.6 Å². The lowest BCUT2D eigenvalue weighted by Crippen LogP contribution is -2.24. The summed E-state index contributed by atoms with van der Waals surface area (Å²) in [6, 6.07) is 4.45. The fraction of sp³-hybridized carbons (Fsp3) is 0.278. The van der Waals surface area contributed by atoms with E-state index in [0.29, 0.717) is 11.1 Å². The van der Waals surface area contributed by atoms with Gasteiger partial charge in [0.15, 0.2) is 5.82 Å². The summed E-state index contributed by atoms with van der Waals surface area (Å²) in [5, 5.41) is 8.82. The highest BCUT2D eigenvalue weighted by molar-refractivity contribution is 6.31. The SMILES string of the molecule is C/C=C(/N(CC)CC)n1cc(C#N)c(-c2ccc(F)c(Cl)c2F)c1. The largest absolute Gasteiger partial charge is 0.359 e. The van der Waals surface area contributed by atoms with Crippen molar-refractivity contribution in [2.75, 3.05) is 13.1 Å². The molecule has 0 spiro atoms. The number of allylic oxidation sites excluding steroid dienone is 1. The van der Waals surface area contributed by atoms with Gasteiger partial charge in [0.1, 0.15) is 22.7 Å². The highest BCUT2D eigenvalue weighted by Crippen LogP contribution is 2.33. The number of nitrogens with zero attached hydrogens (tertiary/aromatic N) is 3. The van der Waals surface area contributed by atoms with Gasteiger partial charge in [-0.2, -0.15) is 5.26 Å². The molecule has 0 bridgehead atoms. The highest BCUT2D eigenvalue weighted by Gasteiger charge is 2.19. The molecule has 0 saturated heterocycles. The summed E-state index contributed by atoms with van der Waals surface area (Å²) in [6.45, 7) is 7.55. The average Bonchev–Trinajstić information content (AvgIpc) is 3.01. The summed E-state index contributed by atoms with van der Waals surface area (Å²) in [5.41, 5.74) is 0.776. The third kappa shape index (κ3) is 3.15. The lowest BCUT2D eigenvalue weighted by molar-refractivity contribution is 0.420. The maximum Gasteiger partial charge on any atom is 0.152 e. The van der Waals surface area contributed by atoms with Gasteiger partial charge in [0.25, 0.3) is 0 Å². The number of rotatable bonds is 5. The zero-order chi connectivity index (χ0) is 17.9. The Bertz CT molecular complexity index is 814. The number of aromatic nitrogens is 1. The molecule has 1 aromatic carbocycles. The van der Waals surface area contributed by atoms with Crippen LogP contribution in [0, 0.1) is 23.0 Å². The summed E-state index contributed by atoms with van der Waals surface area (Å²) in [4.78, 5) is 2.11. The molecule has 0 fully saturated rings. The van der Waals surface area contributed by atoms with Gasteiger partial charge in [-0.05, 0) is 39.0 Å². The van der Waals surface area contributed by atoms with Gasteiger partial charge in [-0.3, -0.25) is 0 Å². The highest BCUT2D eigenvalue weighted by atomic mass is 35.5. The summed E-state index contributed by atoms with van der Waals surface area (Å²) >= 11 is 5.66. The minimum Gasteiger partial charge on any atom is -0.359 e. The summed E-state index contributed by atoms with van der Waals surface area (Å²) in [6.07, 6.45) is 5.23. The topological polar surface area (TPSA) is 32.0 Å². The molecule has 1 heterocycles. The summed E-state index contributed by atoms with van der Waals surface area (Å²) in [7, 11) is 0. The van der Waals surface area contributed by atoms with E-state index in [4.69, 9.17) is 11.6 Å². The molecule has 0 N–H and O–H groups in total. The Morgan fingerprint density at radius 2 is 1.92 bits per heavy atom. The van der Waals surface area contributed by atoms with Crippen LogP contribution in [0.3, 0.4) is 0 Å². The standard InChI is InChI=1S/C18H18ClF2N3/c1-4-16(23(5-2)6-3)24-10-12(9-22)14(11-24)13-7-8-15(20)17(19)18(13)21/h4,7-8,10-11H,5-6H2,1-3H3/b16-4-. The zero-order valence-corrected chi connectivity index (χ0v) is 14.5. The number of hydrogen-bond donors (Lipinski definition) is 0. The number of benzene rings is 1. The second kappa shape index (κ2) is 7.50. The third-order valence-corrected chi connectivity index (χ3v) is 4.23. The Hall–Kier alpha value is -2.32. The molecular formula is C18H18ClF2N3. The van der Waals surface area contributed by atoms with Crippen LogP contribution in [0.2, 0.25) is 5.02 Å². The molecule has 2 aromatic rings. The minimum atomic E-state index is -0.865. The molecule has 0 aliphatic heterocycles. The maximum absolute atomic E-state index is 14.3. The monoisotopic (exact) mass is 349 g/mol. The number of nitriles is 1. The van der Waals surface area contributed by atoms with Gasteiger partial charge in [0.2, 0.25) is 0 Å². The fourth-order valence-electron chi connectivity index (χ4n) is 2.67. The van der Waals surface area contributed by atoms with E-state index in [1.807, 2.05) is 26.8 Å². The molecule has 126 valence electrons. The van der Waals surface area contributed by atoms with Crippen molar-refractivity contribution in [2.24, 2.45) is 0 Å². The average molecular weight is 350 g/mol. The van der Waals surface area contributed by atoms with Crippen molar-refractivity contribution in [3.8, 4) is 17.2 Å². The predicted octanol–water partition coefficient (Wildman–Crippen LogP) is 5.12. The van der Waals surface area contributed by atoms with E-state index < -0.39 is 16.7 Å². The van der Waals surface area contributed by atoms with E-state index in [2.05, 4.69) is 11.0 Å². The Balaban J connectivity index is 2.61. The number of halogens is 3. The molecule has 0 radical (unpaired) electrons. The van der Waals surface area contributed by atoms with Gasteiger partial charge >= 0.3 is 0 Å². The first-order chi connectivity index (χ1) is 11.5. The molecule has 0 atom stereocenters. The molecule has 0 unspecified atom stereocenters. The molecule has 1 aromatic heterocycles. The molecule has 0 aliphatic rings. The van der Waals surface area contributed by atoms with Crippen LogP contribution in [-0.2, 0) is 0 Å². The summed E-state index contributed by atoms with van der Waals surface area (Å²) in [5.74, 6) is -0.805. The van der Waals surface area contributed by atoms with E-state index in [1.54, 1.807) is 17.0 Å². The van der Waals surface area contributed by atoms with E-state index in [1.165, 1.54) is 6.07 Å². The molecule has 0 saturated carbocycles. The molecule has 0 amide bonds. The van der Waals surface area contributed by atoms with Crippen molar-refractivity contribution in [3.05, 3.63) is 52.8 Å². The second-order valence-electron chi connectivity index (χ2n) is 5.15. The van der Waals surface area contributed by atoms with Gasteiger partial charge in [0.05, 0.1) is 5.56 Å². The van der Waals surface area contributed by atoms with Gasteiger partial charge in [-0.25, -0.2) is 8.78 Å². The van der Waals surface area contributed by atoms with Crippen LogP contribution in [0.1, 0.15) is 26.3 Å². The molecule has 0 aliphatic carbocycles. The van der Waals surface area contributed by atoms with Crippen LogP contribution in [0.25, 0.3) is 16.9 Å². The molecule has 6 heteroatoms. The van der Waals surface area contributed by atoms with Gasteiger partial charge in [-0.1, -0.05) is 11.6 Å². The third-order valence-electron chi connectivity index (χ3n) is 3.88. The van der Waals surface area contributed by atoms with Crippen molar-refractivity contribution in [2.45, 2.75) is 20.8 Å². The van der Waals surface area contributed by atoms with Crippen LogP contribution in [0.4, 0.5) is 8.78 Å². The van der Waals surface area contributed by atoms with Crippen LogP contribution < -0.4 is 0 Å². The van der Waals surface area contributed by atoms with Gasteiger partial charge in [-0.15, -0.1) is 0 Å². The van der Waals surface area contributed by atoms with Crippen molar-refractivity contribution in [1.29, 1.82) is 5.26 Å². The van der Waals surface area contributed by atoms with Gasteiger partial charge in [0, 0.05) is 36.6 Å². The summed E-state index contributed by atoms with van der Waals surface area (Å²) < 4.78 is 29.5. The van der Waals surface area contributed by atoms with E-state index in [0.717, 1.165) is 25.0 Å². The number of hydrogen-bond acceptors (Lipinski definition) is 2. The van der Waals surface area contributed by atoms with Gasteiger partial charge < -0.3 is 9.47 Å². The molecular weight excluding hydrogens is 332 g/mol. The Morgan fingerprint density at radius 3 is 2.46 bits per heavy atom. The van der Waals surface area contributed by atoms with E-state index in [-0.39, 0.29) is 5.56 Å². The Morgan fingerprint density at radius 1 is 1.25 bits per heavy atom. The first-order valence-electron chi connectivity index (χ1n) is 7.65. The van der Waals surface area contributed by atoms with Crippen LogP contribution in [0.15, 0.2) is 30.6 Å². The van der Waals surface area contributed by atoms with Crippen LogP contribution in [0.5, 0.6) is 0 Å². The van der Waals surface area contributed by atoms with Crippen LogP contribution in [-0.4, -0.2) is 22.6 Å². The van der Waals surface area contributed by atoms with Crippen molar-refractivity contribution >= 4 is 17.4 Å². The van der Waals surface area contributed by atoms with E-state index in [9.17, 15) is 14.0 Å². The maximum atomic E-state index is 14.3. The Kier molecular flexibility index (Phi) is 5.63. The quantitative estimate of drug-likeness (QED) is 0.702. The van der Waals surface area contributed by atoms with Crippen molar-refractivity contribution in [3.63, 3.8) is 0 Å². The Labute approximate surface area is 145 Å². The zero-order valence-electron chi connectivity index (χ0n) is 13.8. The molecule has 24 heavy (non-hydrogen) atoms. The van der Waals surface area contributed by atoms with Crippen molar-refractivity contribution in [1.82, 2.24) is 9.47 Å². The smallest absolute Gasteiger partial charge is 0.152 e. The predicted molar refractivity (Wildman–Crippen MR) is 92.4 cm³/mol. The lowest BCUT2D eigenvalue weighted by Gasteiger charge is -2.24. The lowest BCUT2D eigenvalue weighted by atomic mass is 10.0. The second-order valence-corrected chi connectivity index (χ2v) is 5.52. The van der Waals surface area contributed by atoms with E-state index >= 15 is 0 Å².